The summed E-state index contributed by atoms with van der Waals surface area (Å²) < 4.78 is 5.18. The van der Waals surface area contributed by atoms with E-state index in [1.54, 1.807) is 36.8 Å². The minimum atomic E-state index is 0.0480. The van der Waals surface area contributed by atoms with Crippen molar-refractivity contribution in [3.63, 3.8) is 0 Å². The number of methoxy groups -OCH3 is 1. The third-order valence-corrected chi connectivity index (χ3v) is 4.88. The van der Waals surface area contributed by atoms with E-state index in [2.05, 4.69) is 51.5 Å². The summed E-state index contributed by atoms with van der Waals surface area (Å²) in [5.41, 5.74) is 4.86. The summed E-state index contributed by atoms with van der Waals surface area (Å²) >= 11 is 0. The Labute approximate surface area is 175 Å². The van der Waals surface area contributed by atoms with Crippen LogP contribution in [-0.2, 0) is 0 Å². The predicted octanol–water partition coefficient (Wildman–Crippen LogP) is 5.09. The van der Waals surface area contributed by atoms with Gasteiger partial charge in [-0.05, 0) is 47.9 Å². The molecule has 6 nitrogen and oxygen atoms in total. The lowest BCUT2D eigenvalue weighted by atomic mass is 10.0. The molecule has 0 spiro atoms. The summed E-state index contributed by atoms with van der Waals surface area (Å²) in [6, 6.07) is 17.5. The number of aromatic hydroxyl groups is 1. The van der Waals surface area contributed by atoms with E-state index in [-0.39, 0.29) is 11.8 Å². The van der Waals surface area contributed by atoms with Crippen molar-refractivity contribution >= 4 is 5.82 Å². The van der Waals surface area contributed by atoms with Crippen molar-refractivity contribution in [1.29, 1.82) is 0 Å². The minimum absolute atomic E-state index is 0.0480. The van der Waals surface area contributed by atoms with Gasteiger partial charge in [-0.1, -0.05) is 30.3 Å². The van der Waals surface area contributed by atoms with Crippen LogP contribution in [0.5, 0.6) is 11.5 Å². The van der Waals surface area contributed by atoms with Gasteiger partial charge in [-0.2, -0.15) is 0 Å². The highest BCUT2D eigenvalue weighted by Crippen LogP contribution is 2.31. The topological polar surface area (TPSA) is 80.2 Å². The smallest absolute Gasteiger partial charge is 0.161 e. The van der Waals surface area contributed by atoms with Crippen LogP contribution in [0.15, 0.2) is 79.4 Å². The molecule has 2 aromatic heterocycles. The van der Waals surface area contributed by atoms with Crippen LogP contribution in [0.3, 0.4) is 0 Å². The van der Waals surface area contributed by atoms with E-state index in [0.29, 0.717) is 17.3 Å². The zero-order valence-electron chi connectivity index (χ0n) is 16.8. The van der Waals surface area contributed by atoms with Gasteiger partial charge in [0.05, 0.1) is 25.2 Å². The lowest BCUT2D eigenvalue weighted by Crippen LogP contribution is -2.08. The molecule has 2 N–H and O–H groups in total. The van der Waals surface area contributed by atoms with Gasteiger partial charge in [0.25, 0.3) is 0 Å². The van der Waals surface area contributed by atoms with Crippen LogP contribution < -0.4 is 10.1 Å². The number of nitrogens with zero attached hydrogens (tertiary/aromatic N) is 3. The second-order valence-corrected chi connectivity index (χ2v) is 6.91. The SMILES string of the molecule is COc1cc(-c2cncc(N[C@H](C)c3ccc(-c4cccnc4)cc3)n2)ccc1O. The van der Waals surface area contributed by atoms with E-state index in [1.807, 2.05) is 18.3 Å². The van der Waals surface area contributed by atoms with E-state index in [1.165, 1.54) is 7.11 Å². The molecular weight excluding hydrogens is 376 g/mol. The molecule has 0 amide bonds. The first-order valence-corrected chi connectivity index (χ1v) is 9.60. The molecule has 4 rings (SSSR count). The fourth-order valence-electron chi connectivity index (χ4n) is 3.21. The number of ether oxygens (including phenoxy) is 1. The van der Waals surface area contributed by atoms with Crippen LogP contribution in [0.4, 0.5) is 5.82 Å². The van der Waals surface area contributed by atoms with Gasteiger partial charge in [-0.15, -0.1) is 0 Å². The molecule has 0 fully saturated rings. The van der Waals surface area contributed by atoms with Crippen molar-refractivity contribution in [3.8, 4) is 33.9 Å². The van der Waals surface area contributed by atoms with E-state index < -0.39 is 0 Å². The van der Waals surface area contributed by atoms with Crippen molar-refractivity contribution in [3.05, 3.63) is 84.9 Å². The second-order valence-electron chi connectivity index (χ2n) is 6.91. The van der Waals surface area contributed by atoms with Gasteiger partial charge >= 0.3 is 0 Å². The first kappa shape index (κ1) is 19.4. The van der Waals surface area contributed by atoms with Crippen molar-refractivity contribution in [2.45, 2.75) is 13.0 Å². The molecule has 0 saturated carbocycles. The summed E-state index contributed by atoms with van der Waals surface area (Å²) in [6.07, 6.45) is 7.01. The second kappa shape index (κ2) is 8.61. The molecule has 2 aromatic carbocycles. The molecular formula is C24H22N4O2. The highest BCUT2D eigenvalue weighted by Gasteiger charge is 2.10. The Balaban J connectivity index is 1.51. The number of phenolic OH excluding ortho intramolecular Hbond substituents is 1. The molecule has 4 aromatic rings. The van der Waals surface area contributed by atoms with E-state index in [0.717, 1.165) is 22.3 Å². The van der Waals surface area contributed by atoms with Gasteiger partial charge in [0.1, 0.15) is 5.82 Å². The summed E-state index contributed by atoms with van der Waals surface area (Å²) in [5.74, 6) is 1.16. The van der Waals surface area contributed by atoms with Crippen LogP contribution in [0.1, 0.15) is 18.5 Å². The molecule has 2 heterocycles. The zero-order valence-corrected chi connectivity index (χ0v) is 16.8. The Kier molecular flexibility index (Phi) is 5.57. The highest BCUT2D eigenvalue weighted by molar-refractivity contribution is 5.65. The average Bonchev–Trinajstić information content (AvgIpc) is 2.80. The zero-order chi connectivity index (χ0) is 20.9. The van der Waals surface area contributed by atoms with E-state index >= 15 is 0 Å². The Bertz CT molecular complexity index is 1130. The van der Waals surface area contributed by atoms with Gasteiger partial charge in [-0.3, -0.25) is 9.97 Å². The third-order valence-electron chi connectivity index (χ3n) is 4.88. The van der Waals surface area contributed by atoms with Crippen molar-refractivity contribution < 1.29 is 9.84 Å². The predicted molar refractivity (Wildman–Crippen MR) is 117 cm³/mol. The maximum atomic E-state index is 9.80. The van der Waals surface area contributed by atoms with Crippen LogP contribution in [-0.4, -0.2) is 27.2 Å². The summed E-state index contributed by atoms with van der Waals surface area (Å²) in [5, 5.41) is 13.2. The van der Waals surface area contributed by atoms with Crippen molar-refractivity contribution in [2.24, 2.45) is 0 Å². The normalized spacial score (nSPS) is 11.7. The highest BCUT2D eigenvalue weighted by atomic mass is 16.5. The molecule has 0 unspecified atom stereocenters. The fraction of sp³-hybridized carbons (Fsp3) is 0.125. The number of aromatic nitrogens is 3. The number of hydrogen-bond acceptors (Lipinski definition) is 6. The van der Waals surface area contributed by atoms with Crippen LogP contribution in [0.25, 0.3) is 22.4 Å². The van der Waals surface area contributed by atoms with Gasteiger partial charge in [0, 0.05) is 24.0 Å². The number of phenols is 1. The molecule has 30 heavy (non-hydrogen) atoms. The quantitative estimate of drug-likeness (QED) is 0.471. The number of nitrogens with one attached hydrogen (secondary N) is 1. The standard InChI is InChI=1S/C24H22N4O2/c1-16(17-5-7-18(8-6-17)20-4-3-11-25-13-20)27-24-15-26-14-21(28-24)19-9-10-22(29)23(12-19)30-2/h3-16,29H,1-2H3,(H,27,28)/t16-/m1/s1. The lowest BCUT2D eigenvalue weighted by Gasteiger charge is -2.16. The number of rotatable bonds is 6. The minimum Gasteiger partial charge on any atom is -0.504 e. The van der Waals surface area contributed by atoms with Gasteiger partial charge in [-0.25, -0.2) is 4.98 Å². The van der Waals surface area contributed by atoms with Crippen LogP contribution >= 0.6 is 0 Å². The number of hydrogen-bond donors (Lipinski definition) is 2. The van der Waals surface area contributed by atoms with Gasteiger partial charge < -0.3 is 15.2 Å². The van der Waals surface area contributed by atoms with Crippen molar-refractivity contribution in [1.82, 2.24) is 15.0 Å². The molecule has 1 atom stereocenters. The molecule has 150 valence electrons. The fourth-order valence-corrected chi connectivity index (χ4v) is 3.21. The lowest BCUT2D eigenvalue weighted by molar-refractivity contribution is 0.373. The van der Waals surface area contributed by atoms with Crippen LogP contribution in [0.2, 0.25) is 0 Å². The van der Waals surface area contributed by atoms with Gasteiger partial charge in [0.2, 0.25) is 0 Å². The number of anilines is 1. The maximum Gasteiger partial charge on any atom is 0.161 e. The Morgan fingerprint density at radius 2 is 1.70 bits per heavy atom. The molecule has 6 heteroatoms. The Morgan fingerprint density at radius 3 is 2.43 bits per heavy atom. The average molecular weight is 398 g/mol. The monoisotopic (exact) mass is 398 g/mol. The molecule has 0 bridgehead atoms. The summed E-state index contributed by atoms with van der Waals surface area (Å²) in [6.45, 7) is 2.08. The van der Waals surface area contributed by atoms with E-state index in [9.17, 15) is 5.11 Å². The molecule has 0 aliphatic carbocycles. The molecule has 0 aliphatic heterocycles. The summed E-state index contributed by atoms with van der Waals surface area (Å²) in [7, 11) is 1.52. The molecule has 0 radical (unpaired) electrons. The van der Waals surface area contributed by atoms with Crippen molar-refractivity contribution in [2.75, 3.05) is 12.4 Å². The largest absolute Gasteiger partial charge is 0.504 e. The first-order valence-electron chi connectivity index (χ1n) is 9.60. The van der Waals surface area contributed by atoms with Gasteiger partial charge in [0.15, 0.2) is 11.5 Å². The van der Waals surface area contributed by atoms with Crippen LogP contribution in [0, 0.1) is 0 Å². The molecule has 0 saturated heterocycles. The molecule has 0 aliphatic rings. The summed E-state index contributed by atoms with van der Waals surface area (Å²) in [4.78, 5) is 13.1. The number of benzene rings is 2. The van der Waals surface area contributed by atoms with E-state index in [4.69, 9.17) is 4.74 Å². The Morgan fingerprint density at radius 1 is 0.900 bits per heavy atom. The third kappa shape index (κ3) is 4.22. The maximum absolute atomic E-state index is 9.80. The number of pyridine rings is 1. The first-order chi connectivity index (χ1) is 14.6. The Hall–Kier alpha value is -3.93.